The van der Waals surface area contributed by atoms with E-state index >= 15 is 0 Å². The van der Waals surface area contributed by atoms with Crippen molar-refractivity contribution in [3.63, 3.8) is 0 Å². The number of benzene rings is 2. The second kappa shape index (κ2) is 10.6. The van der Waals surface area contributed by atoms with Crippen molar-refractivity contribution in [2.24, 2.45) is 0 Å². The van der Waals surface area contributed by atoms with E-state index in [1.54, 1.807) is 10.7 Å². The summed E-state index contributed by atoms with van der Waals surface area (Å²) in [5, 5.41) is 16.9. The van der Waals surface area contributed by atoms with E-state index in [4.69, 9.17) is 0 Å². The SMILES string of the molecule is O=C(Cc1ccc(-n2cnnn2)cc1)Nc1cccc(NC(=O)CN2CCCCCC2)c1. The van der Waals surface area contributed by atoms with Crippen LogP contribution in [0.2, 0.25) is 0 Å². The van der Waals surface area contributed by atoms with Gasteiger partial charge in [-0.15, -0.1) is 5.10 Å². The molecule has 1 fully saturated rings. The van der Waals surface area contributed by atoms with Gasteiger partial charge in [-0.3, -0.25) is 14.5 Å². The standard InChI is InChI=1S/C23H27N7O2/c31-22(14-18-8-10-21(11-9-18)30-17-24-27-28-30)25-19-6-5-7-20(15-19)26-23(32)16-29-12-3-1-2-4-13-29/h5-11,15,17H,1-4,12-14,16H2,(H,25,31)(H,26,32). The van der Waals surface area contributed by atoms with Gasteiger partial charge in [-0.25, -0.2) is 4.68 Å². The third-order valence-electron chi connectivity index (χ3n) is 5.41. The Morgan fingerprint density at radius 2 is 1.56 bits per heavy atom. The number of hydrogen-bond acceptors (Lipinski definition) is 6. The Hall–Kier alpha value is -3.59. The van der Waals surface area contributed by atoms with Crippen molar-refractivity contribution in [1.29, 1.82) is 0 Å². The van der Waals surface area contributed by atoms with Crippen molar-refractivity contribution in [2.75, 3.05) is 30.3 Å². The zero-order chi connectivity index (χ0) is 22.2. The summed E-state index contributed by atoms with van der Waals surface area (Å²) in [6.07, 6.45) is 6.53. The van der Waals surface area contributed by atoms with Crippen LogP contribution in [-0.2, 0) is 16.0 Å². The number of nitrogens with one attached hydrogen (secondary N) is 2. The largest absolute Gasteiger partial charge is 0.326 e. The van der Waals surface area contributed by atoms with Gasteiger partial charge in [0.25, 0.3) is 0 Å². The zero-order valence-electron chi connectivity index (χ0n) is 17.9. The molecule has 2 heterocycles. The van der Waals surface area contributed by atoms with Crippen LogP contribution in [0.1, 0.15) is 31.2 Å². The van der Waals surface area contributed by atoms with E-state index in [1.165, 1.54) is 19.2 Å². The maximum Gasteiger partial charge on any atom is 0.238 e. The van der Waals surface area contributed by atoms with E-state index in [2.05, 4.69) is 31.1 Å². The Morgan fingerprint density at radius 3 is 2.22 bits per heavy atom. The molecule has 0 bridgehead atoms. The molecule has 4 rings (SSSR count). The molecule has 0 saturated carbocycles. The maximum atomic E-state index is 12.5. The summed E-state index contributed by atoms with van der Waals surface area (Å²) in [6, 6.07) is 14.7. The van der Waals surface area contributed by atoms with Crippen molar-refractivity contribution >= 4 is 23.2 Å². The fourth-order valence-electron chi connectivity index (χ4n) is 3.81. The van der Waals surface area contributed by atoms with Crippen molar-refractivity contribution in [3.8, 4) is 5.69 Å². The molecule has 32 heavy (non-hydrogen) atoms. The highest BCUT2D eigenvalue weighted by molar-refractivity contribution is 5.95. The van der Waals surface area contributed by atoms with E-state index in [-0.39, 0.29) is 18.2 Å². The van der Waals surface area contributed by atoms with Crippen LogP contribution < -0.4 is 10.6 Å². The Morgan fingerprint density at radius 1 is 0.875 bits per heavy atom. The molecular formula is C23H27N7O2. The Bertz CT molecular complexity index is 1030. The normalized spacial score (nSPS) is 14.5. The smallest absolute Gasteiger partial charge is 0.238 e. The number of likely N-dealkylation sites (tertiary alicyclic amines) is 1. The van der Waals surface area contributed by atoms with Crippen LogP contribution in [0.4, 0.5) is 11.4 Å². The second-order valence-electron chi connectivity index (χ2n) is 7.97. The van der Waals surface area contributed by atoms with Crippen LogP contribution in [0.5, 0.6) is 0 Å². The topological polar surface area (TPSA) is 105 Å². The van der Waals surface area contributed by atoms with Crippen LogP contribution in [0.25, 0.3) is 5.69 Å². The first kappa shape index (κ1) is 21.6. The van der Waals surface area contributed by atoms with Gasteiger partial charge in [-0.1, -0.05) is 31.0 Å². The third-order valence-corrected chi connectivity index (χ3v) is 5.41. The molecule has 9 nitrogen and oxygen atoms in total. The molecule has 1 aliphatic rings. The molecule has 1 aliphatic heterocycles. The average molecular weight is 434 g/mol. The van der Waals surface area contributed by atoms with E-state index in [9.17, 15) is 9.59 Å². The number of carbonyl (C=O) groups is 2. The van der Waals surface area contributed by atoms with Crippen molar-refractivity contribution in [3.05, 3.63) is 60.4 Å². The first-order valence-electron chi connectivity index (χ1n) is 10.9. The molecule has 3 aromatic rings. The maximum absolute atomic E-state index is 12.5. The third kappa shape index (κ3) is 6.21. The van der Waals surface area contributed by atoms with Crippen LogP contribution in [0, 0.1) is 0 Å². The second-order valence-corrected chi connectivity index (χ2v) is 7.97. The predicted molar refractivity (Wildman–Crippen MR) is 121 cm³/mol. The molecule has 2 N–H and O–H groups in total. The minimum atomic E-state index is -0.131. The summed E-state index contributed by atoms with van der Waals surface area (Å²) in [7, 11) is 0. The summed E-state index contributed by atoms with van der Waals surface area (Å²) in [5.74, 6) is -0.161. The lowest BCUT2D eigenvalue weighted by atomic mass is 10.1. The van der Waals surface area contributed by atoms with Crippen molar-refractivity contribution in [1.82, 2.24) is 25.1 Å². The van der Waals surface area contributed by atoms with Gasteiger partial charge in [-0.2, -0.15) is 0 Å². The summed E-state index contributed by atoms with van der Waals surface area (Å²) in [5.41, 5.74) is 3.02. The molecule has 1 aromatic heterocycles. The minimum absolute atomic E-state index is 0.0296. The number of amides is 2. The summed E-state index contributed by atoms with van der Waals surface area (Å²) >= 11 is 0. The number of carbonyl (C=O) groups excluding carboxylic acids is 2. The van der Waals surface area contributed by atoms with Crippen LogP contribution in [0.3, 0.4) is 0 Å². The lowest BCUT2D eigenvalue weighted by molar-refractivity contribution is -0.117. The highest BCUT2D eigenvalue weighted by Crippen LogP contribution is 2.17. The Kier molecular flexibility index (Phi) is 7.19. The summed E-state index contributed by atoms with van der Waals surface area (Å²) in [4.78, 5) is 27.1. The van der Waals surface area contributed by atoms with Gasteiger partial charge in [0.05, 0.1) is 18.7 Å². The Labute approximate surface area is 186 Å². The average Bonchev–Trinajstić information content (AvgIpc) is 3.20. The molecule has 0 unspecified atom stereocenters. The van der Waals surface area contributed by atoms with E-state index in [1.807, 2.05) is 42.5 Å². The molecule has 2 amide bonds. The van der Waals surface area contributed by atoms with Crippen molar-refractivity contribution < 1.29 is 9.59 Å². The fourth-order valence-corrected chi connectivity index (χ4v) is 3.81. The first-order valence-corrected chi connectivity index (χ1v) is 10.9. The quantitative estimate of drug-likeness (QED) is 0.594. The van der Waals surface area contributed by atoms with Crippen LogP contribution >= 0.6 is 0 Å². The lowest BCUT2D eigenvalue weighted by Crippen LogP contribution is -2.33. The molecular weight excluding hydrogens is 406 g/mol. The summed E-state index contributed by atoms with van der Waals surface area (Å²) in [6.45, 7) is 2.34. The number of hydrogen-bond donors (Lipinski definition) is 2. The molecule has 0 aliphatic carbocycles. The van der Waals surface area contributed by atoms with Gasteiger partial charge >= 0.3 is 0 Å². The number of rotatable bonds is 7. The monoisotopic (exact) mass is 433 g/mol. The van der Waals surface area contributed by atoms with Gasteiger partial charge in [0, 0.05) is 11.4 Å². The van der Waals surface area contributed by atoms with Gasteiger partial charge in [0.15, 0.2) is 0 Å². The van der Waals surface area contributed by atoms with Gasteiger partial charge in [-0.05, 0) is 72.3 Å². The highest BCUT2D eigenvalue weighted by Gasteiger charge is 2.13. The molecule has 0 atom stereocenters. The van der Waals surface area contributed by atoms with Gasteiger partial charge in [0.1, 0.15) is 6.33 Å². The fraction of sp³-hybridized carbons (Fsp3) is 0.348. The molecule has 0 spiro atoms. The lowest BCUT2D eigenvalue weighted by Gasteiger charge is -2.19. The van der Waals surface area contributed by atoms with E-state index in [0.29, 0.717) is 17.9 Å². The molecule has 2 aromatic carbocycles. The number of tetrazole rings is 1. The summed E-state index contributed by atoms with van der Waals surface area (Å²) < 4.78 is 1.55. The van der Waals surface area contributed by atoms with Gasteiger partial charge in [0.2, 0.25) is 11.8 Å². The van der Waals surface area contributed by atoms with Crippen LogP contribution in [-0.4, -0.2) is 56.6 Å². The highest BCUT2D eigenvalue weighted by atomic mass is 16.2. The predicted octanol–water partition coefficient (Wildman–Crippen LogP) is 2.66. The van der Waals surface area contributed by atoms with Gasteiger partial charge < -0.3 is 10.6 Å². The van der Waals surface area contributed by atoms with E-state index < -0.39 is 0 Å². The molecule has 0 radical (unpaired) electrons. The first-order chi connectivity index (χ1) is 15.7. The Balaban J connectivity index is 1.29. The molecule has 1 saturated heterocycles. The van der Waals surface area contributed by atoms with E-state index in [0.717, 1.165) is 37.2 Å². The molecule has 9 heteroatoms. The van der Waals surface area contributed by atoms with Crippen LogP contribution in [0.15, 0.2) is 54.9 Å². The van der Waals surface area contributed by atoms with Crippen molar-refractivity contribution in [2.45, 2.75) is 32.1 Å². The number of anilines is 2. The number of nitrogens with zero attached hydrogens (tertiary/aromatic N) is 5. The molecule has 166 valence electrons. The minimum Gasteiger partial charge on any atom is -0.326 e. The number of aromatic nitrogens is 4. The zero-order valence-corrected chi connectivity index (χ0v) is 17.9.